The zero-order chi connectivity index (χ0) is 22.4. The molecule has 182 valence electrons. The van der Waals surface area contributed by atoms with E-state index in [0.29, 0.717) is 70.5 Å². The molecule has 3 rings (SSSR count). The first-order valence-corrected chi connectivity index (χ1v) is 11.4. The molecule has 3 aromatic heterocycles. The van der Waals surface area contributed by atoms with Gasteiger partial charge in [-0.1, -0.05) is 0 Å². The highest BCUT2D eigenvalue weighted by Gasteiger charge is 2.14. The minimum atomic E-state index is 0. The smallest absolute Gasteiger partial charge is 0.291 e. The standard InChI is InChI=1S/C19H26N5O6S2.HI/c1-24-5-3-4-15(14-24)16-17(21-31-20-16)29-12-10-27-8-6-26-7-9-28-11-13-30-19-18(25-2)22-32-23-19;/h3-5,14H,6-13H2,1-2H3;1H/q+1;/p-1. The Morgan fingerprint density at radius 3 is 1.94 bits per heavy atom. The maximum atomic E-state index is 5.71. The molecule has 0 aliphatic carbocycles. The molecule has 0 saturated heterocycles. The highest BCUT2D eigenvalue weighted by molar-refractivity contribution is 6.99. The van der Waals surface area contributed by atoms with Gasteiger partial charge >= 0.3 is 0 Å². The molecule has 11 nitrogen and oxygen atoms in total. The van der Waals surface area contributed by atoms with Crippen LogP contribution in [0.5, 0.6) is 17.6 Å². The van der Waals surface area contributed by atoms with Crippen LogP contribution < -0.4 is 42.8 Å². The lowest BCUT2D eigenvalue weighted by atomic mass is 10.2. The molecule has 0 aliphatic rings. The van der Waals surface area contributed by atoms with E-state index in [-0.39, 0.29) is 24.0 Å². The van der Waals surface area contributed by atoms with Gasteiger partial charge in [0.15, 0.2) is 18.1 Å². The first-order chi connectivity index (χ1) is 15.8. The molecule has 0 aliphatic heterocycles. The third-order valence-electron chi connectivity index (χ3n) is 3.97. The highest BCUT2D eigenvalue weighted by atomic mass is 127. The van der Waals surface area contributed by atoms with Crippen LogP contribution in [0.4, 0.5) is 0 Å². The van der Waals surface area contributed by atoms with Crippen LogP contribution in [0.25, 0.3) is 11.3 Å². The van der Waals surface area contributed by atoms with Crippen molar-refractivity contribution in [1.82, 2.24) is 17.5 Å². The van der Waals surface area contributed by atoms with E-state index in [0.717, 1.165) is 34.7 Å². The average Bonchev–Trinajstić information content (AvgIpc) is 3.46. The summed E-state index contributed by atoms with van der Waals surface area (Å²) in [5.74, 6) is 1.29. The fraction of sp³-hybridized carbons (Fsp3) is 0.526. The first-order valence-electron chi connectivity index (χ1n) is 9.91. The Bertz CT molecular complexity index is 931. The van der Waals surface area contributed by atoms with Crippen LogP contribution >= 0.6 is 23.5 Å². The van der Waals surface area contributed by atoms with E-state index < -0.39 is 0 Å². The van der Waals surface area contributed by atoms with Gasteiger partial charge < -0.3 is 52.4 Å². The summed E-state index contributed by atoms with van der Waals surface area (Å²) in [4.78, 5) is 0. The first kappa shape index (κ1) is 27.5. The van der Waals surface area contributed by atoms with Crippen LogP contribution in [-0.4, -0.2) is 77.5 Å². The molecular formula is C19H26IN5O6S2. The summed E-state index contributed by atoms with van der Waals surface area (Å²) in [6, 6.07) is 3.93. The summed E-state index contributed by atoms with van der Waals surface area (Å²) in [6.07, 6.45) is 3.93. The van der Waals surface area contributed by atoms with E-state index in [9.17, 15) is 0 Å². The largest absolute Gasteiger partial charge is 1.00 e. The summed E-state index contributed by atoms with van der Waals surface area (Å²) in [7, 11) is 3.48. The second kappa shape index (κ2) is 16.0. The van der Waals surface area contributed by atoms with Crippen LogP contribution in [0.15, 0.2) is 24.5 Å². The quantitative estimate of drug-likeness (QED) is 0.107. The van der Waals surface area contributed by atoms with Crippen molar-refractivity contribution in [2.75, 3.05) is 60.0 Å². The van der Waals surface area contributed by atoms with Crippen LogP contribution in [0.2, 0.25) is 0 Å². The van der Waals surface area contributed by atoms with Crippen molar-refractivity contribution in [1.29, 1.82) is 0 Å². The third kappa shape index (κ3) is 9.58. The minimum Gasteiger partial charge on any atom is -1.00 e. The normalized spacial score (nSPS) is 10.6. The molecule has 0 amide bonds. The molecule has 0 spiro atoms. The Morgan fingerprint density at radius 1 is 0.758 bits per heavy atom. The molecule has 14 heteroatoms. The van der Waals surface area contributed by atoms with E-state index in [1.54, 1.807) is 0 Å². The summed E-state index contributed by atoms with van der Waals surface area (Å²) in [6.45, 7) is 3.51. The molecule has 3 heterocycles. The number of hydrogen-bond donors (Lipinski definition) is 0. The number of hydrogen-bond acceptors (Lipinski definition) is 12. The lowest BCUT2D eigenvalue weighted by Crippen LogP contribution is -3.00. The van der Waals surface area contributed by atoms with Gasteiger partial charge in [-0.25, -0.2) is 4.57 Å². The predicted molar refractivity (Wildman–Crippen MR) is 116 cm³/mol. The van der Waals surface area contributed by atoms with Crippen molar-refractivity contribution >= 4 is 23.5 Å². The van der Waals surface area contributed by atoms with Gasteiger partial charge in [-0.2, -0.15) is 4.37 Å². The molecule has 0 fully saturated rings. The molecule has 0 N–H and O–H groups in total. The second-order valence-corrected chi connectivity index (χ2v) is 7.35. The van der Waals surface area contributed by atoms with Crippen LogP contribution in [-0.2, 0) is 21.3 Å². The molecule has 0 radical (unpaired) electrons. The molecule has 0 bridgehead atoms. The monoisotopic (exact) mass is 611 g/mol. The van der Waals surface area contributed by atoms with Gasteiger partial charge in [0, 0.05) is 6.07 Å². The van der Waals surface area contributed by atoms with Gasteiger partial charge in [0.2, 0.25) is 0 Å². The number of aromatic nitrogens is 5. The van der Waals surface area contributed by atoms with Gasteiger partial charge in [0.1, 0.15) is 20.3 Å². The van der Waals surface area contributed by atoms with Crippen molar-refractivity contribution in [3.8, 4) is 28.9 Å². The SMILES string of the molecule is COc1nsnc1OCCOCCOCCOCCOc1nsnc1-c1ccc[n+](C)c1.[I-]. The Balaban J connectivity index is 0.00000385. The van der Waals surface area contributed by atoms with E-state index in [1.165, 1.54) is 7.11 Å². The Kier molecular flexibility index (Phi) is 13.3. The summed E-state index contributed by atoms with van der Waals surface area (Å²) in [5.41, 5.74) is 1.70. The molecule has 0 aromatic carbocycles. The van der Waals surface area contributed by atoms with Gasteiger partial charge in [-0.15, -0.1) is 13.1 Å². The van der Waals surface area contributed by atoms with Crippen molar-refractivity contribution in [3.63, 3.8) is 0 Å². The number of ether oxygens (including phenoxy) is 6. The molecule has 33 heavy (non-hydrogen) atoms. The molecule has 0 saturated carbocycles. The number of halogens is 1. The summed E-state index contributed by atoms with van der Waals surface area (Å²) >= 11 is 2.16. The highest BCUT2D eigenvalue weighted by Crippen LogP contribution is 2.26. The topological polar surface area (TPSA) is 111 Å². The number of rotatable bonds is 16. The Morgan fingerprint density at radius 2 is 1.30 bits per heavy atom. The Labute approximate surface area is 217 Å². The van der Waals surface area contributed by atoms with Gasteiger partial charge in [-0.05, 0) is 6.07 Å². The maximum absolute atomic E-state index is 5.71. The van der Waals surface area contributed by atoms with Gasteiger partial charge in [0.05, 0.1) is 75.8 Å². The van der Waals surface area contributed by atoms with Crippen molar-refractivity contribution < 1.29 is 57.0 Å². The van der Waals surface area contributed by atoms with E-state index in [1.807, 2.05) is 36.1 Å². The van der Waals surface area contributed by atoms with Gasteiger partial charge in [-0.3, -0.25) is 0 Å². The lowest BCUT2D eigenvalue weighted by molar-refractivity contribution is -0.671. The number of methoxy groups -OCH3 is 1. The summed E-state index contributed by atoms with van der Waals surface area (Å²) < 4.78 is 51.0. The lowest BCUT2D eigenvalue weighted by Gasteiger charge is -2.08. The van der Waals surface area contributed by atoms with Crippen LogP contribution in [0, 0.1) is 0 Å². The van der Waals surface area contributed by atoms with Crippen LogP contribution in [0.3, 0.4) is 0 Å². The summed E-state index contributed by atoms with van der Waals surface area (Å²) in [5, 5.41) is 0. The van der Waals surface area contributed by atoms with E-state index >= 15 is 0 Å². The zero-order valence-corrected chi connectivity index (χ0v) is 22.1. The fourth-order valence-electron chi connectivity index (χ4n) is 2.50. The van der Waals surface area contributed by atoms with Crippen molar-refractivity contribution in [3.05, 3.63) is 24.5 Å². The zero-order valence-electron chi connectivity index (χ0n) is 18.3. The average molecular weight is 611 g/mol. The molecule has 0 atom stereocenters. The maximum Gasteiger partial charge on any atom is 0.291 e. The van der Waals surface area contributed by atoms with E-state index in [4.69, 9.17) is 28.4 Å². The minimum absolute atomic E-state index is 0. The van der Waals surface area contributed by atoms with Gasteiger partial charge in [0.25, 0.3) is 17.6 Å². The fourth-order valence-corrected chi connectivity index (χ4v) is 3.49. The molecule has 3 aromatic rings. The third-order valence-corrected chi connectivity index (χ3v) is 4.98. The number of aryl methyl sites for hydroxylation is 1. The second-order valence-electron chi connectivity index (χ2n) is 6.29. The van der Waals surface area contributed by atoms with E-state index in [2.05, 4.69) is 17.5 Å². The Hall–Kier alpha value is -1.72. The molecule has 0 unspecified atom stereocenters. The number of nitrogens with zero attached hydrogens (tertiary/aromatic N) is 5. The van der Waals surface area contributed by atoms with Crippen molar-refractivity contribution in [2.24, 2.45) is 7.05 Å². The van der Waals surface area contributed by atoms with Crippen molar-refractivity contribution in [2.45, 2.75) is 0 Å². The predicted octanol–water partition coefficient (Wildman–Crippen LogP) is -1.60. The molecular weight excluding hydrogens is 585 g/mol. The number of pyridine rings is 1. The van der Waals surface area contributed by atoms with Crippen LogP contribution in [0.1, 0.15) is 0 Å².